The minimum absolute atomic E-state index is 0.300. The summed E-state index contributed by atoms with van der Waals surface area (Å²) in [5.41, 5.74) is 1.15. The second kappa shape index (κ2) is 4.04. The lowest BCUT2D eigenvalue weighted by molar-refractivity contribution is -0.119. The van der Waals surface area contributed by atoms with E-state index in [-0.39, 0.29) is 5.84 Å². The summed E-state index contributed by atoms with van der Waals surface area (Å²) in [4.78, 5) is 6.63. The van der Waals surface area contributed by atoms with Crippen LogP contribution in [0.5, 0.6) is 0 Å². The lowest BCUT2D eigenvalue weighted by atomic mass is 10.3. The molecule has 0 atom stereocenters. The monoisotopic (exact) mass is 239 g/mol. The van der Waals surface area contributed by atoms with Gasteiger partial charge in [0.1, 0.15) is 12.2 Å². The Morgan fingerprint density at radius 1 is 1.35 bits per heavy atom. The average Bonchev–Trinajstić information content (AvgIpc) is 2.68. The fraction of sp³-hybridized carbons (Fsp3) is 0.0909. The summed E-state index contributed by atoms with van der Waals surface area (Å²) in [5, 5.41) is 0. The molecule has 1 aromatic heterocycles. The molecule has 0 spiro atoms. The molecule has 0 aliphatic carbocycles. The number of imidazole rings is 1. The zero-order chi connectivity index (χ0) is 12.5. The molecule has 88 valence electrons. The Morgan fingerprint density at radius 3 is 2.71 bits per heavy atom. The maximum Gasteiger partial charge on any atom is 0.505 e. The average molecular weight is 239 g/mol. The van der Waals surface area contributed by atoms with E-state index in [1.54, 1.807) is 24.3 Å². The maximum atomic E-state index is 12.2. The van der Waals surface area contributed by atoms with Crippen LogP contribution in [0.2, 0.25) is 0 Å². The molecule has 0 bridgehead atoms. The fourth-order valence-electron chi connectivity index (χ4n) is 1.47. The summed E-state index contributed by atoms with van der Waals surface area (Å²) in [6.45, 7) is 3.33. The van der Waals surface area contributed by atoms with Gasteiger partial charge < -0.3 is 0 Å². The first-order valence-electron chi connectivity index (χ1n) is 4.73. The summed E-state index contributed by atoms with van der Waals surface area (Å²) in [5.74, 6) is -0.300. The summed E-state index contributed by atoms with van der Waals surface area (Å²) >= 11 is 0. The van der Waals surface area contributed by atoms with Crippen molar-refractivity contribution in [2.75, 3.05) is 0 Å². The molecular formula is C11H8F3N3. The number of para-hydroxylation sites is 2. The van der Waals surface area contributed by atoms with Crippen molar-refractivity contribution in [2.45, 2.75) is 6.30 Å². The van der Waals surface area contributed by atoms with Gasteiger partial charge in [0.2, 0.25) is 0 Å². The molecule has 0 aliphatic rings. The van der Waals surface area contributed by atoms with Gasteiger partial charge in [-0.3, -0.25) is 4.57 Å². The Morgan fingerprint density at radius 2 is 2.06 bits per heavy atom. The Balaban J connectivity index is 2.59. The number of aromatic nitrogens is 2. The summed E-state index contributed by atoms with van der Waals surface area (Å²) in [6, 6.07) is 6.85. The van der Waals surface area contributed by atoms with Crippen LogP contribution in [-0.2, 0) is 0 Å². The quantitative estimate of drug-likeness (QED) is 0.427. The molecule has 1 aromatic carbocycles. The van der Waals surface area contributed by atoms with Crippen molar-refractivity contribution in [3.05, 3.63) is 43.2 Å². The van der Waals surface area contributed by atoms with Crippen LogP contribution in [0.1, 0.15) is 0 Å². The standard InChI is InChI=1S/C11H8F3N3/c1-2-10(16-11(12,13)14)17-7-15-8-5-3-4-6-9(8)17/h2-7H,1H2/b16-10+. The van der Waals surface area contributed by atoms with Crippen molar-refractivity contribution in [2.24, 2.45) is 4.99 Å². The van der Waals surface area contributed by atoms with Crippen LogP contribution in [-0.4, -0.2) is 21.7 Å². The van der Waals surface area contributed by atoms with Crippen LogP contribution >= 0.6 is 0 Å². The third kappa shape index (κ3) is 2.35. The van der Waals surface area contributed by atoms with E-state index < -0.39 is 6.30 Å². The SMILES string of the molecule is C=C/C(=N\C(F)(F)F)n1cnc2ccccc21. The normalized spacial score (nSPS) is 13.0. The smallest absolute Gasteiger partial charge is 0.283 e. The van der Waals surface area contributed by atoms with Crippen LogP contribution in [0.4, 0.5) is 13.2 Å². The minimum atomic E-state index is -4.63. The van der Waals surface area contributed by atoms with Gasteiger partial charge in [0.15, 0.2) is 0 Å². The number of benzene rings is 1. The van der Waals surface area contributed by atoms with Gasteiger partial charge in [-0.05, 0) is 18.2 Å². The summed E-state index contributed by atoms with van der Waals surface area (Å²) in [7, 11) is 0. The van der Waals surface area contributed by atoms with Crippen molar-refractivity contribution >= 4 is 16.9 Å². The van der Waals surface area contributed by atoms with Crippen molar-refractivity contribution in [1.82, 2.24) is 9.55 Å². The molecule has 17 heavy (non-hydrogen) atoms. The predicted octanol–water partition coefficient (Wildman–Crippen LogP) is 2.99. The van der Waals surface area contributed by atoms with Gasteiger partial charge in [0.25, 0.3) is 0 Å². The molecule has 2 rings (SSSR count). The highest BCUT2D eigenvalue weighted by molar-refractivity contribution is 6.00. The number of hydrogen-bond acceptors (Lipinski definition) is 2. The Bertz CT molecular complexity index is 581. The highest BCUT2D eigenvalue weighted by Gasteiger charge is 2.27. The second-order valence-electron chi connectivity index (χ2n) is 3.25. The molecule has 0 saturated heterocycles. The lowest BCUT2D eigenvalue weighted by Crippen LogP contribution is -2.14. The van der Waals surface area contributed by atoms with E-state index in [9.17, 15) is 13.2 Å². The van der Waals surface area contributed by atoms with Crippen LogP contribution in [0.15, 0.2) is 48.2 Å². The van der Waals surface area contributed by atoms with Gasteiger partial charge in [-0.1, -0.05) is 18.7 Å². The Kier molecular flexibility index (Phi) is 2.71. The van der Waals surface area contributed by atoms with E-state index in [0.717, 1.165) is 6.08 Å². The van der Waals surface area contributed by atoms with E-state index in [4.69, 9.17) is 0 Å². The van der Waals surface area contributed by atoms with Crippen LogP contribution in [0, 0.1) is 0 Å². The van der Waals surface area contributed by atoms with Gasteiger partial charge >= 0.3 is 6.30 Å². The van der Waals surface area contributed by atoms with Crippen molar-refractivity contribution in [1.29, 1.82) is 0 Å². The van der Waals surface area contributed by atoms with Crippen molar-refractivity contribution < 1.29 is 13.2 Å². The Labute approximate surface area is 94.9 Å². The minimum Gasteiger partial charge on any atom is -0.283 e. The predicted molar refractivity (Wildman–Crippen MR) is 58.8 cm³/mol. The molecule has 0 radical (unpaired) electrons. The molecule has 0 amide bonds. The van der Waals surface area contributed by atoms with Gasteiger partial charge in [-0.15, -0.1) is 13.2 Å². The number of alkyl halides is 3. The fourth-order valence-corrected chi connectivity index (χ4v) is 1.47. The molecule has 2 aromatic rings. The Hall–Kier alpha value is -2.11. The number of halogens is 3. The number of hydrogen-bond donors (Lipinski definition) is 0. The van der Waals surface area contributed by atoms with Gasteiger partial charge in [0.05, 0.1) is 11.0 Å². The van der Waals surface area contributed by atoms with Gasteiger partial charge in [-0.2, -0.15) is 4.99 Å². The third-order valence-electron chi connectivity index (χ3n) is 2.12. The highest BCUT2D eigenvalue weighted by atomic mass is 19.4. The zero-order valence-electron chi connectivity index (χ0n) is 8.65. The largest absolute Gasteiger partial charge is 0.505 e. The molecule has 6 heteroatoms. The first-order chi connectivity index (χ1) is 8.01. The highest BCUT2D eigenvalue weighted by Crippen LogP contribution is 2.19. The molecule has 0 unspecified atom stereocenters. The number of nitrogens with zero attached hydrogens (tertiary/aromatic N) is 3. The van der Waals surface area contributed by atoms with Crippen molar-refractivity contribution in [3.63, 3.8) is 0 Å². The van der Waals surface area contributed by atoms with Crippen LogP contribution in [0.25, 0.3) is 11.0 Å². The topological polar surface area (TPSA) is 30.2 Å². The zero-order valence-corrected chi connectivity index (χ0v) is 8.65. The van der Waals surface area contributed by atoms with E-state index >= 15 is 0 Å². The third-order valence-corrected chi connectivity index (χ3v) is 2.12. The second-order valence-corrected chi connectivity index (χ2v) is 3.25. The maximum absolute atomic E-state index is 12.2. The van der Waals surface area contributed by atoms with Crippen LogP contribution < -0.4 is 0 Å². The molecule has 1 heterocycles. The lowest BCUT2D eigenvalue weighted by Gasteiger charge is -2.05. The number of fused-ring (bicyclic) bond motifs is 1. The first kappa shape index (κ1) is 11.4. The van der Waals surface area contributed by atoms with E-state index in [1.165, 1.54) is 10.9 Å². The molecule has 0 fully saturated rings. The molecule has 0 saturated carbocycles. The molecule has 3 nitrogen and oxygen atoms in total. The van der Waals surface area contributed by atoms with E-state index in [1.807, 2.05) is 0 Å². The summed E-state index contributed by atoms with van der Waals surface area (Å²) in [6.07, 6.45) is -2.30. The van der Waals surface area contributed by atoms with Crippen LogP contribution in [0.3, 0.4) is 0 Å². The van der Waals surface area contributed by atoms with E-state index in [2.05, 4.69) is 16.6 Å². The summed E-state index contributed by atoms with van der Waals surface area (Å²) < 4.78 is 37.9. The number of aliphatic imine (C=N–C) groups is 1. The van der Waals surface area contributed by atoms with E-state index in [0.29, 0.717) is 11.0 Å². The van der Waals surface area contributed by atoms with Gasteiger partial charge in [-0.25, -0.2) is 4.98 Å². The number of rotatable bonds is 1. The molecular weight excluding hydrogens is 231 g/mol. The first-order valence-corrected chi connectivity index (χ1v) is 4.73. The molecule has 0 N–H and O–H groups in total. The molecule has 0 aliphatic heterocycles. The van der Waals surface area contributed by atoms with Gasteiger partial charge in [0, 0.05) is 0 Å². The van der Waals surface area contributed by atoms with Crippen molar-refractivity contribution in [3.8, 4) is 0 Å². The number of allylic oxidation sites excluding steroid dienone is 1.